The average Bonchev–Trinajstić information content (AvgIpc) is 3.71. The van der Waals surface area contributed by atoms with Crippen LogP contribution in [0.1, 0.15) is 0 Å². The van der Waals surface area contributed by atoms with E-state index in [1.54, 1.807) is 0 Å². The van der Waals surface area contributed by atoms with Crippen LogP contribution in [-0.2, 0) is 0 Å². The lowest BCUT2D eigenvalue weighted by Gasteiger charge is -2.18. The van der Waals surface area contributed by atoms with Gasteiger partial charge in [0.15, 0.2) is 5.82 Å². The van der Waals surface area contributed by atoms with Crippen molar-refractivity contribution in [1.29, 1.82) is 0 Å². The molecule has 0 aliphatic carbocycles. The van der Waals surface area contributed by atoms with E-state index < -0.39 is 0 Å². The van der Waals surface area contributed by atoms with Gasteiger partial charge in [0.05, 0.1) is 11.4 Å². The third-order valence-electron chi connectivity index (χ3n) is 12.0. The largest absolute Gasteiger partial charge is 0.456 e. The van der Waals surface area contributed by atoms with Gasteiger partial charge in [0, 0.05) is 27.5 Å². The highest BCUT2D eigenvalue weighted by Crippen LogP contribution is 2.44. The highest BCUT2D eigenvalue weighted by Gasteiger charge is 2.19. The van der Waals surface area contributed by atoms with Gasteiger partial charge in [-0.2, -0.15) is 0 Å². The lowest BCUT2D eigenvalue weighted by Crippen LogP contribution is -1.98. The molecule has 10 aromatic carbocycles. The summed E-state index contributed by atoms with van der Waals surface area (Å²) in [6.45, 7) is 0. The van der Waals surface area contributed by atoms with Crippen molar-refractivity contribution in [2.45, 2.75) is 0 Å². The summed E-state index contributed by atoms with van der Waals surface area (Å²) >= 11 is 0. The maximum absolute atomic E-state index is 6.23. The minimum Gasteiger partial charge on any atom is -0.456 e. The van der Waals surface area contributed by atoms with E-state index in [9.17, 15) is 0 Å². The molecule has 0 bridgehead atoms. The van der Waals surface area contributed by atoms with E-state index in [4.69, 9.17) is 14.4 Å². The van der Waals surface area contributed by atoms with Gasteiger partial charge in [-0.3, -0.25) is 0 Å². The lowest BCUT2D eigenvalue weighted by atomic mass is 9.87. The van der Waals surface area contributed by atoms with Crippen LogP contribution in [0.3, 0.4) is 0 Å². The van der Waals surface area contributed by atoms with Gasteiger partial charge in [0.25, 0.3) is 0 Å². The molecule has 0 saturated carbocycles. The zero-order valence-electron chi connectivity index (χ0n) is 33.1. The molecule has 2 aromatic heterocycles. The monoisotopic (exact) mass is 776 g/mol. The third kappa shape index (κ3) is 6.06. The molecule has 0 radical (unpaired) electrons. The van der Waals surface area contributed by atoms with Crippen LogP contribution in [0.4, 0.5) is 0 Å². The molecule has 12 rings (SSSR count). The maximum atomic E-state index is 6.23. The van der Waals surface area contributed by atoms with Crippen LogP contribution in [0.2, 0.25) is 0 Å². The fourth-order valence-corrected chi connectivity index (χ4v) is 9.13. The Morgan fingerprint density at radius 3 is 1.70 bits per heavy atom. The number of fused-ring (bicyclic) bond motifs is 7. The Balaban J connectivity index is 1.10. The normalized spacial score (nSPS) is 11.6. The summed E-state index contributed by atoms with van der Waals surface area (Å²) in [5.41, 5.74) is 13.3. The highest BCUT2D eigenvalue weighted by atomic mass is 16.3. The van der Waals surface area contributed by atoms with Crippen LogP contribution >= 0.6 is 0 Å². The minimum atomic E-state index is 0.676. The average molecular weight is 777 g/mol. The quantitative estimate of drug-likeness (QED) is 0.125. The van der Waals surface area contributed by atoms with Crippen LogP contribution < -0.4 is 0 Å². The molecule has 61 heavy (non-hydrogen) atoms. The highest BCUT2D eigenvalue weighted by molar-refractivity contribution is 6.21. The molecule has 2 heterocycles. The number of nitrogens with zero attached hydrogens (tertiary/aromatic N) is 2. The van der Waals surface area contributed by atoms with Crippen LogP contribution in [0, 0.1) is 0 Å². The molecule has 0 spiro atoms. The molecule has 0 atom stereocenters. The van der Waals surface area contributed by atoms with E-state index in [0.29, 0.717) is 5.82 Å². The second kappa shape index (κ2) is 14.3. The molecular weight excluding hydrogens is 741 g/mol. The van der Waals surface area contributed by atoms with Crippen molar-refractivity contribution in [3.05, 3.63) is 218 Å². The molecule has 3 heteroatoms. The summed E-state index contributed by atoms with van der Waals surface area (Å²) in [6, 6.07) is 77.7. The van der Waals surface area contributed by atoms with Gasteiger partial charge in [-0.1, -0.05) is 170 Å². The Bertz CT molecular complexity index is 3640. The molecule has 0 unspecified atom stereocenters. The van der Waals surface area contributed by atoms with Crippen LogP contribution in [0.25, 0.3) is 122 Å². The van der Waals surface area contributed by atoms with Gasteiger partial charge in [-0.05, 0) is 114 Å². The number of benzene rings is 10. The van der Waals surface area contributed by atoms with Crippen molar-refractivity contribution in [3.63, 3.8) is 0 Å². The molecule has 0 N–H and O–H groups in total. The van der Waals surface area contributed by atoms with Gasteiger partial charge in [0.1, 0.15) is 11.2 Å². The molecule has 0 saturated heterocycles. The van der Waals surface area contributed by atoms with Crippen LogP contribution in [0.5, 0.6) is 0 Å². The van der Waals surface area contributed by atoms with Gasteiger partial charge in [-0.25, -0.2) is 9.97 Å². The van der Waals surface area contributed by atoms with E-state index in [2.05, 4.69) is 200 Å². The minimum absolute atomic E-state index is 0.676. The van der Waals surface area contributed by atoms with Crippen LogP contribution in [0.15, 0.2) is 223 Å². The fourth-order valence-electron chi connectivity index (χ4n) is 9.13. The van der Waals surface area contributed by atoms with Crippen molar-refractivity contribution in [3.8, 4) is 67.3 Å². The third-order valence-corrected chi connectivity index (χ3v) is 12.0. The maximum Gasteiger partial charge on any atom is 0.160 e. The standard InChI is InChI=1S/C58H36N2O/c1-3-15-37(16-4-1)42-31-43(40-28-30-56-52(34-40)48-24-13-14-26-55(48)61-56)33-44(32-42)53-36-54(60-58(59-53)39-18-5-2-6-19-39)47-23-11-12-25-49(47)57-46-22-10-8-20-41(46)35-51-45-21-9-7-17-38(45)27-29-50(51)57/h1-36H. The number of hydrogen-bond donors (Lipinski definition) is 0. The SMILES string of the molecule is c1ccc(-c2cc(-c3ccc4oc5ccccc5c4c3)cc(-c3cc(-c4ccccc4-c4c5ccccc5cc5c4ccc4ccccc45)nc(-c4ccccc4)n3)c2)cc1. The number of rotatable bonds is 6. The Hall–Kier alpha value is -8.14. The number of aromatic nitrogens is 2. The summed E-state index contributed by atoms with van der Waals surface area (Å²) in [5, 5.41) is 9.54. The second-order valence-corrected chi connectivity index (χ2v) is 15.7. The van der Waals surface area contributed by atoms with E-state index in [-0.39, 0.29) is 0 Å². The summed E-state index contributed by atoms with van der Waals surface area (Å²) < 4.78 is 6.23. The van der Waals surface area contributed by atoms with Gasteiger partial charge in [0.2, 0.25) is 0 Å². The first-order valence-corrected chi connectivity index (χ1v) is 20.7. The number of para-hydroxylation sites is 1. The first kappa shape index (κ1) is 34.9. The van der Waals surface area contributed by atoms with Crippen molar-refractivity contribution >= 4 is 54.3 Å². The fraction of sp³-hybridized carbons (Fsp3) is 0. The molecular formula is C58H36N2O. The first-order chi connectivity index (χ1) is 30.2. The van der Waals surface area contributed by atoms with Crippen molar-refractivity contribution in [2.24, 2.45) is 0 Å². The molecule has 284 valence electrons. The van der Waals surface area contributed by atoms with E-state index in [1.165, 1.54) is 37.9 Å². The van der Waals surface area contributed by atoms with E-state index in [1.807, 2.05) is 18.2 Å². The molecule has 0 aliphatic rings. The lowest BCUT2D eigenvalue weighted by molar-refractivity contribution is 0.669. The smallest absolute Gasteiger partial charge is 0.160 e. The second-order valence-electron chi connectivity index (χ2n) is 15.7. The Kier molecular flexibility index (Phi) is 8.17. The summed E-state index contributed by atoms with van der Waals surface area (Å²) in [7, 11) is 0. The first-order valence-electron chi connectivity index (χ1n) is 20.7. The van der Waals surface area contributed by atoms with Gasteiger partial charge < -0.3 is 4.42 Å². The number of hydrogen-bond acceptors (Lipinski definition) is 3. The van der Waals surface area contributed by atoms with Gasteiger partial charge >= 0.3 is 0 Å². The summed E-state index contributed by atoms with van der Waals surface area (Å²) in [4.78, 5) is 10.8. The molecule has 0 fully saturated rings. The summed E-state index contributed by atoms with van der Waals surface area (Å²) in [5.74, 6) is 0.676. The zero-order chi connectivity index (χ0) is 40.3. The summed E-state index contributed by atoms with van der Waals surface area (Å²) in [6.07, 6.45) is 0. The van der Waals surface area contributed by atoms with E-state index >= 15 is 0 Å². The van der Waals surface area contributed by atoms with E-state index in [0.717, 1.165) is 77.8 Å². The number of furan rings is 1. The molecule has 0 aliphatic heterocycles. The van der Waals surface area contributed by atoms with Crippen molar-refractivity contribution < 1.29 is 4.42 Å². The van der Waals surface area contributed by atoms with Crippen molar-refractivity contribution in [1.82, 2.24) is 9.97 Å². The zero-order valence-corrected chi connectivity index (χ0v) is 33.1. The molecule has 12 aromatic rings. The molecule has 0 amide bonds. The predicted molar refractivity (Wildman–Crippen MR) is 254 cm³/mol. The molecule has 3 nitrogen and oxygen atoms in total. The Morgan fingerprint density at radius 1 is 0.279 bits per heavy atom. The predicted octanol–water partition coefficient (Wildman–Crippen LogP) is 15.8. The Labute approximate surface area is 352 Å². The van der Waals surface area contributed by atoms with Crippen molar-refractivity contribution in [2.75, 3.05) is 0 Å². The Morgan fingerprint density at radius 2 is 0.885 bits per heavy atom. The topological polar surface area (TPSA) is 38.9 Å². The van der Waals surface area contributed by atoms with Gasteiger partial charge in [-0.15, -0.1) is 0 Å². The van der Waals surface area contributed by atoms with Crippen LogP contribution in [-0.4, -0.2) is 9.97 Å².